The number of carbonyl (C=O) groups excluding carboxylic acids is 1. The van der Waals surface area contributed by atoms with Crippen LogP contribution in [0.25, 0.3) is 11.1 Å². The van der Waals surface area contributed by atoms with Crippen molar-refractivity contribution in [1.82, 2.24) is 9.88 Å². The average molecular weight is 362 g/mol. The van der Waals surface area contributed by atoms with Crippen LogP contribution in [0.5, 0.6) is 0 Å². The molecular formula is C22H19FN2O2. The molecule has 0 bridgehead atoms. The van der Waals surface area contributed by atoms with Crippen LogP contribution in [0.15, 0.2) is 71.1 Å². The molecule has 27 heavy (non-hydrogen) atoms. The van der Waals surface area contributed by atoms with Crippen molar-refractivity contribution < 1.29 is 13.6 Å². The summed E-state index contributed by atoms with van der Waals surface area (Å²) in [6.07, 6.45) is 0. The standard InChI is InChI=1S/C22H19FN2O2/c1-15-10-19-21(27-15)12-20(22(26)24-13-16-6-3-2-4-7-16)25(19)14-17-8-5-9-18(23)11-17/h2-12H,13-14H2,1H3,(H,24,26). The van der Waals surface area contributed by atoms with E-state index in [-0.39, 0.29) is 11.7 Å². The number of amides is 1. The number of aromatic nitrogens is 1. The zero-order valence-electron chi connectivity index (χ0n) is 14.9. The van der Waals surface area contributed by atoms with Crippen molar-refractivity contribution in [3.63, 3.8) is 0 Å². The molecule has 2 aromatic heterocycles. The number of nitrogens with one attached hydrogen (secondary N) is 1. The van der Waals surface area contributed by atoms with E-state index in [1.807, 2.05) is 54.0 Å². The molecule has 4 nitrogen and oxygen atoms in total. The highest BCUT2D eigenvalue weighted by atomic mass is 19.1. The van der Waals surface area contributed by atoms with Gasteiger partial charge in [0.25, 0.3) is 5.91 Å². The maximum atomic E-state index is 13.6. The van der Waals surface area contributed by atoms with E-state index in [2.05, 4.69) is 5.32 Å². The summed E-state index contributed by atoms with van der Waals surface area (Å²) < 4.78 is 21.1. The Morgan fingerprint density at radius 2 is 1.81 bits per heavy atom. The van der Waals surface area contributed by atoms with Gasteiger partial charge < -0.3 is 14.3 Å². The Hall–Kier alpha value is -3.34. The summed E-state index contributed by atoms with van der Waals surface area (Å²) in [6, 6.07) is 19.7. The molecule has 0 aliphatic rings. The average Bonchev–Trinajstić information content (AvgIpc) is 3.18. The van der Waals surface area contributed by atoms with Crippen molar-refractivity contribution in [2.75, 3.05) is 0 Å². The Labute approximate surface area is 156 Å². The maximum Gasteiger partial charge on any atom is 0.268 e. The third-order valence-corrected chi connectivity index (χ3v) is 4.47. The van der Waals surface area contributed by atoms with Gasteiger partial charge >= 0.3 is 0 Å². The minimum Gasteiger partial charge on any atom is -0.460 e. The molecule has 4 rings (SSSR count). The monoisotopic (exact) mass is 362 g/mol. The summed E-state index contributed by atoms with van der Waals surface area (Å²) in [7, 11) is 0. The van der Waals surface area contributed by atoms with Gasteiger partial charge in [-0.05, 0) is 30.2 Å². The number of nitrogens with zero attached hydrogens (tertiary/aromatic N) is 1. The fourth-order valence-corrected chi connectivity index (χ4v) is 3.21. The fraction of sp³-hybridized carbons (Fsp3) is 0.136. The third kappa shape index (κ3) is 3.62. The van der Waals surface area contributed by atoms with Gasteiger partial charge in [0.15, 0.2) is 5.58 Å². The minimum absolute atomic E-state index is 0.195. The van der Waals surface area contributed by atoms with Gasteiger partial charge in [0, 0.05) is 25.2 Å². The van der Waals surface area contributed by atoms with E-state index in [1.54, 1.807) is 12.1 Å². The SMILES string of the molecule is Cc1cc2c(cc(C(=O)NCc3ccccc3)n2Cc2cccc(F)c2)o1. The largest absolute Gasteiger partial charge is 0.460 e. The molecule has 0 radical (unpaired) electrons. The highest BCUT2D eigenvalue weighted by Gasteiger charge is 2.18. The molecule has 136 valence electrons. The van der Waals surface area contributed by atoms with Crippen LogP contribution in [0.1, 0.15) is 27.4 Å². The van der Waals surface area contributed by atoms with Crippen molar-refractivity contribution in [3.8, 4) is 0 Å². The van der Waals surface area contributed by atoms with Crippen molar-refractivity contribution in [1.29, 1.82) is 0 Å². The lowest BCUT2D eigenvalue weighted by Gasteiger charge is -2.11. The number of halogens is 1. The van der Waals surface area contributed by atoms with Crippen molar-refractivity contribution in [3.05, 3.63) is 95.1 Å². The summed E-state index contributed by atoms with van der Waals surface area (Å²) in [4.78, 5) is 12.8. The number of hydrogen-bond acceptors (Lipinski definition) is 2. The van der Waals surface area contributed by atoms with Crippen LogP contribution < -0.4 is 5.32 Å². The molecule has 2 heterocycles. The van der Waals surface area contributed by atoms with Crippen LogP contribution in [-0.4, -0.2) is 10.5 Å². The van der Waals surface area contributed by atoms with Gasteiger partial charge in [0.05, 0.1) is 5.52 Å². The molecule has 1 amide bonds. The molecule has 0 aliphatic carbocycles. The molecule has 0 fully saturated rings. The van der Waals surface area contributed by atoms with E-state index >= 15 is 0 Å². The van der Waals surface area contributed by atoms with E-state index in [1.165, 1.54) is 12.1 Å². The Kier molecular flexibility index (Phi) is 4.50. The van der Waals surface area contributed by atoms with Gasteiger partial charge in [-0.1, -0.05) is 42.5 Å². The first-order chi connectivity index (χ1) is 13.1. The second-order valence-corrected chi connectivity index (χ2v) is 6.52. The normalized spacial score (nSPS) is 11.0. The third-order valence-electron chi connectivity index (χ3n) is 4.47. The van der Waals surface area contributed by atoms with Gasteiger partial charge in [-0.3, -0.25) is 4.79 Å². The molecule has 0 aliphatic heterocycles. The predicted molar refractivity (Wildman–Crippen MR) is 102 cm³/mol. The number of fused-ring (bicyclic) bond motifs is 1. The molecule has 0 atom stereocenters. The second kappa shape index (κ2) is 7.11. The molecular weight excluding hydrogens is 343 g/mol. The molecule has 0 unspecified atom stereocenters. The summed E-state index contributed by atoms with van der Waals surface area (Å²) >= 11 is 0. The fourth-order valence-electron chi connectivity index (χ4n) is 3.21. The van der Waals surface area contributed by atoms with Crippen molar-refractivity contribution >= 4 is 17.0 Å². The summed E-state index contributed by atoms with van der Waals surface area (Å²) in [5.41, 5.74) is 3.76. The molecule has 0 saturated carbocycles. The Balaban J connectivity index is 1.65. The zero-order valence-corrected chi connectivity index (χ0v) is 14.9. The lowest BCUT2D eigenvalue weighted by Crippen LogP contribution is -2.25. The van der Waals surface area contributed by atoms with Crippen LogP contribution in [0.4, 0.5) is 4.39 Å². The second-order valence-electron chi connectivity index (χ2n) is 6.52. The number of carbonyl (C=O) groups is 1. The molecule has 0 saturated heterocycles. The molecule has 4 aromatic rings. The molecule has 0 spiro atoms. The van der Waals surface area contributed by atoms with Crippen LogP contribution >= 0.6 is 0 Å². The quantitative estimate of drug-likeness (QED) is 0.561. The van der Waals surface area contributed by atoms with E-state index in [9.17, 15) is 9.18 Å². The minimum atomic E-state index is -0.297. The van der Waals surface area contributed by atoms with Crippen LogP contribution in [0.2, 0.25) is 0 Å². The Morgan fingerprint density at radius 1 is 1.04 bits per heavy atom. The van der Waals surface area contributed by atoms with E-state index in [0.29, 0.717) is 24.4 Å². The maximum absolute atomic E-state index is 13.6. The highest BCUT2D eigenvalue weighted by Crippen LogP contribution is 2.25. The smallest absolute Gasteiger partial charge is 0.268 e. The zero-order chi connectivity index (χ0) is 18.8. The Morgan fingerprint density at radius 3 is 2.59 bits per heavy atom. The van der Waals surface area contributed by atoms with Gasteiger partial charge in [0.2, 0.25) is 0 Å². The Bertz CT molecular complexity index is 1100. The van der Waals surface area contributed by atoms with Crippen LogP contribution in [0, 0.1) is 12.7 Å². The number of rotatable bonds is 5. The van der Waals surface area contributed by atoms with Gasteiger partial charge in [-0.25, -0.2) is 4.39 Å². The number of benzene rings is 2. The first kappa shape index (κ1) is 17.1. The van der Waals surface area contributed by atoms with E-state index in [4.69, 9.17) is 4.42 Å². The van der Waals surface area contributed by atoms with Crippen molar-refractivity contribution in [2.24, 2.45) is 0 Å². The highest BCUT2D eigenvalue weighted by molar-refractivity contribution is 5.97. The molecule has 1 N–H and O–H groups in total. The van der Waals surface area contributed by atoms with Crippen LogP contribution in [-0.2, 0) is 13.1 Å². The van der Waals surface area contributed by atoms with Crippen molar-refractivity contribution in [2.45, 2.75) is 20.0 Å². The first-order valence-corrected chi connectivity index (χ1v) is 8.76. The molecule has 5 heteroatoms. The van der Waals surface area contributed by atoms with E-state index in [0.717, 1.165) is 22.4 Å². The summed E-state index contributed by atoms with van der Waals surface area (Å²) in [5.74, 6) is 0.276. The van der Waals surface area contributed by atoms with Gasteiger partial charge in [0.1, 0.15) is 17.3 Å². The van der Waals surface area contributed by atoms with Gasteiger partial charge in [-0.2, -0.15) is 0 Å². The number of hydrogen-bond donors (Lipinski definition) is 1. The number of aryl methyl sites for hydroxylation is 1. The van der Waals surface area contributed by atoms with Gasteiger partial charge in [-0.15, -0.1) is 0 Å². The number of furan rings is 1. The lowest BCUT2D eigenvalue weighted by atomic mass is 10.2. The molecule has 2 aromatic carbocycles. The lowest BCUT2D eigenvalue weighted by molar-refractivity contribution is 0.0942. The first-order valence-electron chi connectivity index (χ1n) is 8.76. The topological polar surface area (TPSA) is 47.2 Å². The van der Waals surface area contributed by atoms with Crippen LogP contribution in [0.3, 0.4) is 0 Å². The summed E-state index contributed by atoms with van der Waals surface area (Å²) in [5, 5.41) is 2.94. The predicted octanol–water partition coefficient (Wildman–Crippen LogP) is 4.66. The summed E-state index contributed by atoms with van der Waals surface area (Å²) in [6.45, 7) is 2.68. The van der Waals surface area contributed by atoms with E-state index < -0.39 is 0 Å².